The van der Waals surface area contributed by atoms with Crippen molar-refractivity contribution in [3.05, 3.63) is 71.7 Å². The van der Waals surface area contributed by atoms with Gasteiger partial charge in [-0.25, -0.2) is 13.8 Å². The highest BCUT2D eigenvalue weighted by Gasteiger charge is 2.24. The number of halogens is 2. The lowest BCUT2D eigenvalue weighted by Crippen LogP contribution is -2.48. The predicted octanol–water partition coefficient (Wildman–Crippen LogP) is 2.57. The van der Waals surface area contributed by atoms with Crippen molar-refractivity contribution in [3.8, 4) is 0 Å². The van der Waals surface area contributed by atoms with E-state index in [9.17, 15) is 13.6 Å². The molecule has 1 aliphatic heterocycles. The van der Waals surface area contributed by atoms with Gasteiger partial charge in [0.15, 0.2) is 0 Å². The number of pyridine rings is 1. The highest BCUT2D eigenvalue weighted by molar-refractivity contribution is 5.94. The van der Waals surface area contributed by atoms with Gasteiger partial charge in [-0.1, -0.05) is 6.07 Å². The zero-order chi connectivity index (χ0) is 18.1. The van der Waals surface area contributed by atoms with Gasteiger partial charge in [-0.3, -0.25) is 9.69 Å². The van der Waals surface area contributed by atoms with E-state index in [1.165, 1.54) is 6.07 Å². The summed E-state index contributed by atoms with van der Waals surface area (Å²) in [6.07, 6.45) is 3.96. The molecule has 3 heterocycles. The van der Waals surface area contributed by atoms with E-state index in [2.05, 4.69) is 9.88 Å². The molecule has 1 aliphatic rings. The third kappa shape index (κ3) is 3.30. The molecule has 5 nitrogen and oxygen atoms in total. The van der Waals surface area contributed by atoms with Crippen LogP contribution >= 0.6 is 0 Å². The second-order valence-electron chi connectivity index (χ2n) is 6.39. The Kier molecular flexibility index (Phi) is 4.38. The summed E-state index contributed by atoms with van der Waals surface area (Å²) in [5.74, 6) is -1.90. The number of piperazine rings is 1. The minimum Gasteiger partial charge on any atom is -0.336 e. The monoisotopic (exact) mass is 356 g/mol. The molecule has 1 amide bonds. The second kappa shape index (κ2) is 6.84. The lowest BCUT2D eigenvalue weighted by atomic mass is 10.1. The van der Waals surface area contributed by atoms with E-state index in [0.717, 1.165) is 23.5 Å². The maximum atomic E-state index is 13.8. The zero-order valence-corrected chi connectivity index (χ0v) is 14.1. The first-order valence-corrected chi connectivity index (χ1v) is 8.49. The first kappa shape index (κ1) is 16.7. The van der Waals surface area contributed by atoms with Crippen molar-refractivity contribution in [2.75, 3.05) is 26.2 Å². The van der Waals surface area contributed by atoms with Crippen molar-refractivity contribution in [3.63, 3.8) is 0 Å². The Hall–Kier alpha value is -2.80. The average Bonchev–Trinajstić information content (AvgIpc) is 3.04. The molecule has 3 aromatic rings. The van der Waals surface area contributed by atoms with Crippen LogP contribution in [0.3, 0.4) is 0 Å². The van der Waals surface area contributed by atoms with Gasteiger partial charge in [0.05, 0.1) is 11.3 Å². The number of hydrogen-bond donors (Lipinski definition) is 0. The number of imidazole rings is 1. The molecule has 0 radical (unpaired) electrons. The Morgan fingerprint density at radius 1 is 1.08 bits per heavy atom. The van der Waals surface area contributed by atoms with Gasteiger partial charge >= 0.3 is 0 Å². The maximum Gasteiger partial charge on any atom is 0.256 e. The fourth-order valence-corrected chi connectivity index (χ4v) is 3.23. The highest BCUT2D eigenvalue weighted by Crippen LogP contribution is 2.15. The largest absolute Gasteiger partial charge is 0.336 e. The van der Waals surface area contributed by atoms with Crippen LogP contribution in [-0.4, -0.2) is 51.3 Å². The smallest absolute Gasteiger partial charge is 0.256 e. The summed E-state index contributed by atoms with van der Waals surface area (Å²) in [6.45, 7) is 3.07. The summed E-state index contributed by atoms with van der Waals surface area (Å²) in [5.41, 5.74) is 1.80. The molecule has 134 valence electrons. The lowest BCUT2D eigenvalue weighted by molar-refractivity contribution is 0.0622. The Bertz CT molecular complexity index is 915. The van der Waals surface area contributed by atoms with Gasteiger partial charge in [0.2, 0.25) is 0 Å². The van der Waals surface area contributed by atoms with Crippen LogP contribution in [0.5, 0.6) is 0 Å². The minimum absolute atomic E-state index is 0.0831. The topological polar surface area (TPSA) is 40.9 Å². The van der Waals surface area contributed by atoms with Crippen LogP contribution in [0.25, 0.3) is 5.65 Å². The molecule has 26 heavy (non-hydrogen) atoms. The predicted molar refractivity (Wildman–Crippen MR) is 92.7 cm³/mol. The molecular formula is C19H18F2N4O. The minimum atomic E-state index is -0.817. The van der Waals surface area contributed by atoms with Gasteiger partial charge in [-0.15, -0.1) is 0 Å². The SMILES string of the molecule is O=C(c1ccc(F)cc1F)N1CCN(Cc2cn3ccccc3n2)CC1. The molecule has 0 bridgehead atoms. The number of amides is 1. The molecule has 0 atom stereocenters. The van der Waals surface area contributed by atoms with Crippen LogP contribution in [-0.2, 0) is 6.54 Å². The van der Waals surface area contributed by atoms with Crippen molar-refractivity contribution in [2.45, 2.75) is 6.54 Å². The molecule has 4 rings (SSSR count). The van der Waals surface area contributed by atoms with Gasteiger partial charge in [0.1, 0.15) is 17.3 Å². The molecule has 1 fully saturated rings. The number of aromatic nitrogens is 2. The first-order valence-electron chi connectivity index (χ1n) is 8.49. The normalized spacial score (nSPS) is 15.5. The molecule has 0 spiro atoms. The van der Waals surface area contributed by atoms with Crippen molar-refractivity contribution < 1.29 is 13.6 Å². The van der Waals surface area contributed by atoms with E-state index >= 15 is 0 Å². The number of fused-ring (bicyclic) bond motifs is 1. The Labute approximate surface area is 149 Å². The summed E-state index contributed by atoms with van der Waals surface area (Å²) in [5, 5.41) is 0. The Morgan fingerprint density at radius 3 is 2.62 bits per heavy atom. The van der Waals surface area contributed by atoms with Gasteiger partial charge in [-0.05, 0) is 24.3 Å². The summed E-state index contributed by atoms with van der Waals surface area (Å²) >= 11 is 0. The van der Waals surface area contributed by atoms with Crippen molar-refractivity contribution >= 4 is 11.6 Å². The average molecular weight is 356 g/mol. The van der Waals surface area contributed by atoms with Gasteiger partial charge < -0.3 is 9.30 Å². The molecule has 2 aromatic heterocycles. The second-order valence-corrected chi connectivity index (χ2v) is 6.39. The van der Waals surface area contributed by atoms with E-state index in [0.29, 0.717) is 32.7 Å². The quantitative estimate of drug-likeness (QED) is 0.724. The van der Waals surface area contributed by atoms with Crippen LogP contribution < -0.4 is 0 Å². The van der Waals surface area contributed by atoms with Crippen LogP contribution in [0.1, 0.15) is 16.1 Å². The van der Waals surface area contributed by atoms with Gasteiger partial charge in [-0.2, -0.15) is 0 Å². The Morgan fingerprint density at radius 2 is 1.88 bits per heavy atom. The summed E-state index contributed by atoms with van der Waals surface area (Å²) in [6, 6.07) is 8.92. The molecule has 7 heteroatoms. The number of rotatable bonds is 3. The molecular weight excluding hydrogens is 338 g/mol. The highest BCUT2D eigenvalue weighted by atomic mass is 19.1. The molecule has 0 saturated carbocycles. The number of nitrogens with zero attached hydrogens (tertiary/aromatic N) is 4. The molecule has 0 N–H and O–H groups in total. The lowest BCUT2D eigenvalue weighted by Gasteiger charge is -2.34. The van der Waals surface area contributed by atoms with E-state index in [-0.39, 0.29) is 5.56 Å². The number of carbonyl (C=O) groups is 1. The zero-order valence-electron chi connectivity index (χ0n) is 14.1. The molecule has 1 saturated heterocycles. The third-order valence-corrected chi connectivity index (χ3v) is 4.62. The van der Waals surface area contributed by atoms with E-state index < -0.39 is 17.5 Å². The van der Waals surface area contributed by atoms with Crippen molar-refractivity contribution in [1.29, 1.82) is 0 Å². The molecule has 0 aliphatic carbocycles. The summed E-state index contributed by atoms with van der Waals surface area (Å²) < 4.78 is 28.8. The van der Waals surface area contributed by atoms with Crippen molar-refractivity contribution in [2.24, 2.45) is 0 Å². The standard InChI is InChI=1S/C19H18F2N4O/c20-14-4-5-16(17(21)11-14)19(26)24-9-7-23(8-10-24)12-15-13-25-6-2-1-3-18(25)22-15/h1-6,11,13H,7-10,12H2. The van der Waals surface area contributed by atoms with E-state index in [4.69, 9.17) is 0 Å². The maximum absolute atomic E-state index is 13.8. The first-order chi connectivity index (χ1) is 12.6. The number of benzene rings is 1. The van der Waals surface area contributed by atoms with Crippen LogP contribution in [0.2, 0.25) is 0 Å². The molecule has 0 unspecified atom stereocenters. The van der Waals surface area contributed by atoms with Gasteiger partial charge in [0, 0.05) is 51.2 Å². The number of carbonyl (C=O) groups excluding carboxylic acids is 1. The van der Waals surface area contributed by atoms with Gasteiger partial charge in [0.25, 0.3) is 5.91 Å². The summed E-state index contributed by atoms with van der Waals surface area (Å²) in [7, 11) is 0. The fourth-order valence-electron chi connectivity index (χ4n) is 3.23. The third-order valence-electron chi connectivity index (χ3n) is 4.62. The van der Waals surface area contributed by atoms with Crippen LogP contribution in [0, 0.1) is 11.6 Å². The van der Waals surface area contributed by atoms with E-state index in [1.54, 1.807) is 4.90 Å². The fraction of sp³-hybridized carbons (Fsp3) is 0.263. The summed E-state index contributed by atoms with van der Waals surface area (Å²) in [4.78, 5) is 20.9. The number of hydrogen-bond acceptors (Lipinski definition) is 3. The van der Waals surface area contributed by atoms with Crippen molar-refractivity contribution in [1.82, 2.24) is 19.2 Å². The van der Waals surface area contributed by atoms with Crippen LogP contribution in [0.4, 0.5) is 8.78 Å². The van der Waals surface area contributed by atoms with E-state index in [1.807, 2.05) is 35.0 Å². The molecule has 1 aromatic carbocycles. The van der Waals surface area contributed by atoms with Crippen LogP contribution in [0.15, 0.2) is 48.8 Å². The Balaban J connectivity index is 1.38.